The van der Waals surface area contributed by atoms with Crippen molar-refractivity contribution < 1.29 is 23.9 Å². The van der Waals surface area contributed by atoms with Crippen molar-refractivity contribution in [2.24, 2.45) is 11.8 Å². The highest BCUT2D eigenvalue weighted by atomic mass is 16.6. The predicted molar refractivity (Wildman–Crippen MR) is 142 cm³/mol. The largest absolute Gasteiger partial charge is 0.446 e. The zero-order chi connectivity index (χ0) is 26.3. The minimum Gasteiger partial charge on any atom is -0.446 e. The summed E-state index contributed by atoms with van der Waals surface area (Å²) in [4.78, 5) is 46.8. The summed E-state index contributed by atoms with van der Waals surface area (Å²) < 4.78 is 11.4. The van der Waals surface area contributed by atoms with Crippen LogP contribution in [0.3, 0.4) is 0 Å². The van der Waals surface area contributed by atoms with E-state index in [1.165, 1.54) is 0 Å². The molecule has 4 fully saturated rings. The number of fused-ring (bicyclic) bond motifs is 2. The SMILES string of the molecule is CC1CCC([C@@H](C(=O)Nc2cc3c(cn2)C2(CCOCC2)C(=O)N3)N(C(=O)OC2CCC2)C2CCC2)CC1. The normalized spacial score (nSPS) is 27.4. The number of pyridine rings is 1. The molecule has 2 N–H and O–H groups in total. The van der Waals surface area contributed by atoms with Gasteiger partial charge in [-0.2, -0.15) is 0 Å². The van der Waals surface area contributed by atoms with Crippen LogP contribution in [0.15, 0.2) is 12.3 Å². The van der Waals surface area contributed by atoms with E-state index in [1.807, 2.05) is 0 Å². The Morgan fingerprint density at radius 1 is 1.11 bits per heavy atom. The van der Waals surface area contributed by atoms with Crippen molar-refractivity contribution in [2.75, 3.05) is 23.8 Å². The average Bonchev–Trinajstić information content (AvgIpc) is 3.11. The van der Waals surface area contributed by atoms with Gasteiger partial charge in [-0.05, 0) is 76.0 Å². The van der Waals surface area contributed by atoms with Crippen LogP contribution in [-0.4, -0.2) is 59.2 Å². The summed E-state index contributed by atoms with van der Waals surface area (Å²) in [5.74, 6) is 0.881. The molecule has 0 bridgehead atoms. The van der Waals surface area contributed by atoms with Crippen LogP contribution < -0.4 is 10.6 Å². The van der Waals surface area contributed by atoms with Gasteiger partial charge in [0.1, 0.15) is 18.0 Å². The lowest BCUT2D eigenvalue weighted by molar-refractivity contribution is -0.126. The van der Waals surface area contributed by atoms with E-state index in [0.29, 0.717) is 43.5 Å². The second-order valence-electron chi connectivity index (χ2n) is 12.1. The van der Waals surface area contributed by atoms with E-state index in [2.05, 4.69) is 22.5 Å². The first-order valence-electron chi connectivity index (χ1n) is 14.6. The molecule has 9 heteroatoms. The molecule has 1 saturated heterocycles. The van der Waals surface area contributed by atoms with Gasteiger partial charge in [-0.1, -0.05) is 19.8 Å². The van der Waals surface area contributed by atoms with E-state index in [4.69, 9.17) is 9.47 Å². The van der Waals surface area contributed by atoms with Gasteiger partial charge >= 0.3 is 6.09 Å². The van der Waals surface area contributed by atoms with Gasteiger partial charge in [-0.15, -0.1) is 0 Å². The van der Waals surface area contributed by atoms with Crippen molar-refractivity contribution >= 4 is 29.4 Å². The molecule has 38 heavy (non-hydrogen) atoms. The molecular weight excluding hydrogens is 484 g/mol. The Balaban J connectivity index is 1.25. The Morgan fingerprint density at radius 2 is 1.82 bits per heavy atom. The molecule has 1 aromatic rings. The summed E-state index contributed by atoms with van der Waals surface area (Å²) >= 11 is 0. The maximum Gasteiger partial charge on any atom is 0.410 e. The molecule has 0 aromatic carbocycles. The number of hydrogen-bond donors (Lipinski definition) is 2. The monoisotopic (exact) mass is 524 g/mol. The molecule has 0 radical (unpaired) electrons. The lowest BCUT2D eigenvalue weighted by Gasteiger charge is -2.45. The number of carbonyl (C=O) groups excluding carboxylic acids is 3. The van der Waals surface area contributed by atoms with Crippen LogP contribution >= 0.6 is 0 Å². The average molecular weight is 525 g/mol. The van der Waals surface area contributed by atoms with Gasteiger partial charge in [0.2, 0.25) is 11.8 Å². The molecular formula is C29H40N4O5. The van der Waals surface area contributed by atoms with E-state index in [0.717, 1.165) is 69.8 Å². The van der Waals surface area contributed by atoms with Crippen molar-refractivity contribution in [3.63, 3.8) is 0 Å². The Labute approximate surface area is 224 Å². The van der Waals surface area contributed by atoms with E-state index in [1.54, 1.807) is 17.2 Å². The van der Waals surface area contributed by atoms with Gasteiger partial charge < -0.3 is 20.1 Å². The summed E-state index contributed by atoms with van der Waals surface area (Å²) in [6.45, 7) is 3.34. The van der Waals surface area contributed by atoms with Crippen LogP contribution in [0.4, 0.5) is 16.3 Å². The maximum absolute atomic E-state index is 14.0. The summed E-state index contributed by atoms with van der Waals surface area (Å²) in [7, 11) is 0. The molecule has 1 spiro atoms. The zero-order valence-electron chi connectivity index (χ0n) is 22.4. The van der Waals surface area contributed by atoms with Crippen LogP contribution in [0.1, 0.15) is 89.5 Å². The zero-order valence-corrected chi connectivity index (χ0v) is 22.4. The molecule has 1 aromatic heterocycles. The third-order valence-corrected chi connectivity index (χ3v) is 9.77. The first-order valence-corrected chi connectivity index (χ1v) is 14.6. The fourth-order valence-electron chi connectivity index (χ4n) is 6.81. The number of aromatic nitrogens is 1. The maximum atomic E-state index is 14.0. The number of hydrogen-bond acceptors (Lipinski definition) is 6. The lowest BCUT2D eigenvalue weighted by atomic mass is 9.76. The minimum atomic E-state index is -0.600. The van der Waals surface area contributed by atoms with Crippen molar-refractivity contribution in [3.05, 3.63) is 17.8 Å². The topological polar surface area (TPSA) is 110 Å². The number of amides is 3. The van der Waals surface area contributed by atoms with E-state index in [9.17, 15) is 14.4 Å². The molecule has 3 saturated carbocycles. The number of nitrogens with one attached hydrogen (secondary N) is 2. The molecule has 9 nitrogen and oxygen atoms in total. The number of anilines is 2. The fourth-order valence-corrected chi connectivity index (χ4v) is 6.81. The van der Waals surface area contributed by atoms with Crippen LogP contribution in [-0.2, 0) is 24.5 Å². The molecule has 0 unspecified atom stereocenters. The van der Waals surface area contributed by atoms with Gasteiger partial charge in [-0.3, -0.25) is 14.5 Å². The second-order valence-corrected chi connectivity index (χ2v) is 12.1. The third-order valence-electron chi connectivity index (χ3n) is 9.77. The molecule has 6 rings (SSSR count). The van der Waals surface area contributed by atoms with Crippen LogP contribution in [0, 0.1) is 11.8 Å². The van der Waals surface area contributed by atoms with Crippen molar-refractivity contribution in [1.29, 1.82) is 0 Å². The van der Waals surface area contributed by atoms with Crippen molar-refractivity contribution in [2.45, 2.75) is 108 Å². The Kier molecular flexibility index (Phi) is 7.05. The lowest BCUT2D eigenvalue weighted by Crippen LogP contribution is -2.58. The summed E-state index contributed by atoms with van der Waals surface area (Å²) in [6, 6.07) is 1.21. The minimum absolute atomic E-state index is 0.0230. The first kappa shape index (κ1) is 25.6. The summed E-state index contributed by atoms with van der Waals surface area (Å²) in [5.41, 5.74) is 0.976. The Morgan fingerprint density at radius 3 is 2.45 bits per heavy atom. The standard InChI is InChI=1S/C29H40N4O5/c1-18-8-10-19(11-9-18)25(33(20-4-2-5-20)28(36)38-21-6-3-7-21)26(34)32-24-16-23-22(17-30-24)29(27(35)31-23)12-14-37-15-13-29/h16-21,25H,2-15H2,1H3,(H,31,35)(H,30,32,34)/t18?,19?,25-/m0/s1. The molecule has 3 heterocycles. The van der Waals surface area contributed by atoms with Crippen molar-refractivity contribution in [1.82, 2.24) is 9.88 Å². The quantitative estimate of drug-likeness (QED) is 0.555. The Bertz CT molecular complexity index is 1070. The highest BCUT2D eigenvalue weighted by Crippen LogP contribution is 2.45. The van der Waals surface area contributed by atoms with E-state index < -0.39 is 11.5 Å². The second kappa shape index (κ2) is 10.5. The summed E-state index contributed by atoms with van der Waals surface area (Å²) in [5, 5.41) is 6.04. The van der Waals surface area contributed by atoms with Gasteiger partial charge in [0, 0.05) is 37.1 Å². The van der Waals surface area contributed by atoms with E-state index in [-0.39, 0.29) is 36.0 Å². The van der Waals surface area contributed by atoms with Crippen molar-refractivity contribution in [3.8, 4) is 0 Å². The smallest absolute Gasteiger partial charge is 0.410 e. The highest BCUT2D eigenvalue weighted by molar-refractivity contribution is 6.07. The van der Waals surface area contributed by atoms with Gasteiger partial charge in [0.15, 0.2) is 0 Å². The highest BCUT2D eigenvalue weighted by Gasteiger charge is 2.48. The molecule has 206 valence electrons. The van der Waals surface area contributed by atoms with Crippen LogP contribution in [0.25, 0.3) is 0 Å². The molecule has 2 aliphatic heterocycles. The summed E-state index contributed by atoms with van der Waals surface area (Å²) in [6.07, 6.45) is 12.3. The van der Waals surface area contributed by atoms with Crippen LogP contribution in [0.5, 0.6) is 0 Å². The molecule has 5 aliphatic rings. The van der Waals surface area contributed by atoms with Gasteiger partial charge in [0.25, 0.3) is 0 Å². The van der Waals surface area contributed by atoms with Crippen LogP contribution in [0.2, 0.25) is 0 Å². The number of rotatable bonds is 6. The molecule has 1 atom stereocenters. The van der Waals surface area contributed by atoms with Gasteiger partial charge in [-0.25, -0.2) is 9.78 Å². The number of carbonyl (C=O) groups is 3. The van der Waals surface area contributed by atoms with E-state index >= 15 is 0 Å². The Hall–Kier alpha value is -2.68. The van der Waals surface area contributed by atoms with Gasteiger partial charge in [0.05, 0.1) is 11.1 Å². The molecule has 3 amide bonds. The number of ether oxygens (including phenoxy) is 2. The predicted octanol–water partition coefficient (Wildman–Crippen LogP) is 4.76. The fraction of sp³-hybridized carbons (Fsp3) is 0.724. The first-order chi connectivity index (χ1) is 18.4. The third kappa shape index (κ3) is 4.67. The number of nitrogens with zero attached hydrogens (tertiary/aromatic N) is 2. The molecule has 3 aliphatic carbocycles.